The van der Waals surface area contributed by atoms with Gasteiger partial charge in [0.25, 0.3) is 5.91 Å². The zero-order valence-corrected chi connectivity index (χ0v) is 16.3. The molecule has 3 rings (SSSR count). The zero-order chi connectivity index (χ0) is 19.1. The molecule has 27 heavy (non-hydrogen) atoms. The lowest BCUT2D eigenvalue weighted by Crippen LogP contribution is -2.38. The number of hydrogen-bond donors (Lipinski definition) is 1. The van der Waals surface area contributed by atoms with Gasteiger partial charge in [-0.2, -0.15) is 0 Å². The van der Waals surface area contributed by atoms with E-state index in [1.54, 1.807) is 6.92 Å². The van der Waals surface area contributed by atoms with E-state index in [4.69, 9.17) is 9.47 Å². The molecule has 0 bridgehead atoms. The molecular weight excluding hydrogens is 338 g/mol. The summed E-state index contributed by atoms with van der Waals surface area (Å²) in [5.41, 5.74) is 3.90. The third-order valence-electron chi connectivity index (χ3n) is 5.03. The minimum atomic E-state index is -0.526. The van der Waals surface area contributed by atoms with Crippen molar-refractivity contribution in [3.8, 4) is 11.5 Å². The molecular formula is C23H29NO3. The van der Waals surface area contributed by atoms with Crippen molar-refractivity contribution in [2.45, 2.75) is 52.1 Å². The maximum atomic E-state index is 12.3. The molecule has 1 amide bonds. The van der Waals surface area contributed by atoms with Gasteiger partial charge >= 0.3 is 0 Å². The standard InChI is InChI=1S/C23H29NO3/c1-3-18-11-13-20(14-12-18)26-16-15-24-23(25)17(2)27-22-10-6-8-19-7-4-5-9-21(19)22/h6,8,10-14,17H,3-5,7,9,15-16H2,1-2H3,(H,24,25). The van der Waals surface area contributed by atoms with E-state index in [-0.39, 0.29) is 5.91 Å². The van der Waals surface area contributed by atoms with Crippen molar-refractivity contribution >= 4 is 5.91 Å². The second-order valence-electron chi connectivity index (χ2n) is 7.00. The molecule has 1 aliphatic rings. The number of nitrogens with one attached hydrogen (secondary N) is 1. The molecule has 144 valence electrons. The van der Waals surface area contributed by atoms with E-state index >= 15 is 0 Å². The molecule has 4 heteroatoms. The van der Waals surface area contributed by atoms with Crippen LogP contribution in [-0.4, -0.2) is 25.2 Å². The number of ether oxygens (including phenoxy) is 2. The minimum absolute atomic E-state index is 0.117. The molecule has 0 aliphatic heterocycles. The average Bonchev–Trinajstić information content (AvgIpc) is 2.71. The molecule has 1 aliphatic carbocycles. The zero-order valence-electron chi connectivity index (χ0n) is 16.3. The van der Waals surface area contributed by atoms with E-state index in [9.17, 15) is 4.79 Å². The lowest BCUT2D eigenvalue weighted by Gasteiger charge is -2.22. The predicted molar refractivity (Wildman–Crippen MR) is 107 cm³/mol. The summed E-state index contributed by atoms with van der Waals surface area (Å²) in [5, 5.41) is 2.89. The summed E-state index contributed by atoms with van der Waals surface area (Å²) in [4.78, 5) is 12.3. The molecule has 0 radical (unpaired) electrons. The van der Waals surface area contributed by atoms with Crippen molar-refractivity contribution in [2.24, 2.45) is 0 Å². The average molecular weight is 367 g/mol. The van der Waals surface area contributed by atoms with Crippen molar-refractivity contribution in [1.29, 1.82) is 0 Å². The summed E-state index contributed by atoms with van der Waals surface area (Å²) in [5.74, 6) is 1.55. The number of carbonyl (C=O) groups excluding carboxylic acids is 1. The molecule has 0 heterocycles. The normalized spacial score (nSPS) is 14.1. The van der Waals surface area contributed by atoms with E-state index in [0.29, 0.717) is 13.2 Å². The summed E-state index contributed by atoms with van der Waals surface area (Å²) >= 11 is 0. The van der Waals surface area contributed by atoms with Crippen LogP contribution in [0.25, 0.3) is 0 Å². The predicted octanol–water partition coefficient (Wildman–Crippen LogP) is 4.09. The summed E-state index contributed by atoms with van der Waals surface area (Å²) in [6, 6.07) is 14.2. The van der Waals surface area contributed by atoms with Crippen LogP contribution in [0, 0.1) is 0 Å². The van der Waals surface area contributed by atoms with Crippen molar-refractivity contribution in [2.75, 3.05) is 13.2 Å². The van der Waals surface area contributed by atoms with Gasteiger partial charge in [0.15, 0.2) is 6.10 Å². The highest BCUT2D eigenvalue weighted by atomic mass is 16.5. The summed E-state index contributed by atoms with van der Waals surface area (Å²) in [6.45, 7) is 4.81. The van der Waals surface area contributed by atoms with Crippen LogP contribution in [0.15, 0.2) is 42.5 Å². The van der Waals surface area contributed by atoms with Gasteiger partial charge in [0.05, 0.1) is 6.54 Å². The third-order valence-corrected chi connectivity index (χ3v) is 5.03. The molecule has 0 fully saturated rings. The van der Waals surface area contributed by atoms with Gasteiger partial charge in [-0.25, -0.2) is 0 Å². The quantitative estimate of drug-likeness (QED) is 0.715. The summed E-state index contributed by atoms with van der Waals surface area (Å²) in [6.07, 6.45) is 5.04. The maximum Gasteiger partial charge on any atom is 0.260 e. The van der Waals surface area contributed by atoms with E-state index in [1.807, 2.05) is 24.3 Å². The Morgan fingerprint density at radius 2 is 1.89 bits per heavy atom. The number of aryl methyl sites for hydroxylation is 2. The number of carbonyl (C=O) groups is 1. The number of amides is 1. The largest absolute Gasteiger partial charge is 0.492 e. The van der Waals surface area contributed by atoms with Gasteiger partial charge in [0.1, 0.15) is 18.1 Å². The summed E-state index contributed by atoms with van der Waals surface area (Å²) < 4.78 is 11.6. The number of fused-ring (bicyclic) bond motifs is 1. The van der Waals surface area contributed by atoms with E-state index in [0.717, 1.165) is 30.8 Å². The van der Waals surface area contributed by atoms with Gasteiger partial charge < -0.3 is 14.8 Å². The number of rotatable bonds is 8. The monoisotopic (exact) mass is 367 g/mol. The van der Waals surface area contributed by atoms with Crippen LogP contribution in [0.1, 0.15) is 43.4 Å². The van der Waals surface area contributed by atoms with E-state index < -0.39 is 6.10 Å². The fourth-order valence-corrected chi connectivity index (χ4v) is 3.41. The Kier molecular flexibility index (Phi) is 6.74. The van der Waals surface area contributed by atoms with Gasteiger partial charge in [-0.1, -0.05) is 31.2 Å². The fourth-order valence-electron chi connectivity index (χ4n) is 3.41. The Hall–Kier alpha value is -2.49. The highest BCUT2D eigenvalue weighted by Gasteiger charge is 2.19. The first-order valence-corrected chi connectivity index (χ1v) is 9.94. The second kappa shape index (κ2) is 9.45. The van der Waals surface area contributed by atoms with E-state index in [1.165, 1.54) is 29.5 Å². The van der Waals surface area contributed by atoms with Crippen molar-refractivity contribution in [1.82, 2.24) is 5.32 Å². The van der Waals surface area contributed by atoms with Gasteiger partial charge in [0.2, 0.25) is 0 Å². The Balaban J connectivity index is 1.44. The van der Waals surface area contributed by atoms with Gasteiger partial charge in [0, 0.05) is 0 Å². The lowest BCUT2D eigenvalue weighted by molar-refractivity contribution is -0.127. The molecule has 4 nitrogen and oxygen atoms in total. The van der Waals surface area contributed by atoms with Crippen LogP contribution in [-0.2, 0) is 24.1 Å². The molecule has 0 spiro atoms. The smallest absolute Gasteiger partial charge is 0.260 e. The molecule has 0 saturated heterocycles. The minimum Gasteiger partial charge on any atom is -0.492 e. The topological polar surface area (TPSA) is 47.6 Å². The van der Waals surface area contributed by atoms with Gasteiger partial charge in [-0.15, -0.1) is 0 Å². The van der Waals surface area contributed by atoms with Crippen LogP contribution in [0.4, 0.5) is 0 Å². The molecule has 0 saturated carbocycles. The van der Waals surface area contributed by atoms with Gasteiger partial charge in [-0.3, -0.25) is 4.79 Å². The highest BCUT2D eigenvalue weighted by Crippen LogP contribution is 2.30. The number of hydrogen-bond acceptors (Lipinski definition) is 3. The Labute approximate surface area is 161 Å². The van der Waals surface area contributed by atoms with Crippen LogP contribution >= 0.6 is 0 Å². The van der Waals surface area contributed by atoms with Crippen molar-refractivity contribution < 1.29 is 14.3 Å². The van der Waals surface area contributed by atoms with Crippen molar-refractivity contribution in [3.63, 3.8) is 0 Å². The Bertz CT molecular complexity index is 755. The Morgan fingerprint density at radius 1 is 1.11 bits per heavy atom. The van der Waals surface area contributed by atoms with Crippen LogP contribution in [0.5, 0.6) is 11.5 Å². The molecule has 2 aromatic rings. The summed E-state index contributed by atoms with van der Waals surface area (Å²) in [7, 11) is 0. The lowest BCUT2D eigenvalue weighted by atomic mass is 9.91. The highest BCUT2D eigenvalue weighted by molar-refractivity contribution is 5.80. The van der Waals surface area contributed by atoms with Crippen LogP contribution in [0.3, 0.4) is 0 Å². The van der Waals surface area contributed by atoms with Crippen LogP contribution in [0.2, 0.25) is 0 Å². The van der Waals surface area contributed by atoms with E-state index in [2.05, 4.69) is 30.4 Å². The molecule has 0 aromatic heterocycles. The van der Waals surface area contributed by atoms with Crippen molar-refractivity contribution in [3.05, 3.63) is 59.2 Å². The third kappa shape index (κ3) is 5.25. The van der Waals surface area contributed by atoms with Crippen LogP contribution < -0.4 is 14.8 Å². The first kappa shape index (κ1) is 19.3. The molecule has 1 N–H and O–H groups in total. The SMILES string of the molecule is CCc1ccc(OCCNC(=O)C(C)Oc2cccc3c2CCCC3)cc1. The number of benzene rings is 2. The maximum absolute atomic E-state index is 12.3. The first-order valence-electron chi connectivity index (χ1n) is 9.94. The molecule has 1 unspecified atom stereocenters. The molecule has 1 atom stereocenters. The molecule has 2 aromatic carbocycles. The first-order chi connectivity index (χ1) is 13.2. The van der Waals surface area contributed by atoms with Gasteiger partial charge in [-0.05, 0) is 73.9 Å². The Morgan fingerprint density at radius 3 is 2.67 bits per heavy atom. The fraction of sp³-hybridized carbons (Fsp3) is 0.435. The second-order valence-corrected chi connectivity index (χ2v) is 7.00.